The summed E-state index contributed by atoms with van der Waals surface area (Å²) in [5.41, 5.74) is 4.28. The van der Waals surface area contributed by atoms with Gasteiger partial charge >= 0.3 is 5.97 Å². The quantitative estimate of drug-likeness (QED) is 0.395. The van der Waals surface area contributed by atoms with Gasteiger partial charge in [0, 0.05) is 23.3 Å². The number of carbonyl (C=O) groups excluding carboxylic acids is 1. The van der Waals surface area contributed by atoms with Crippen LogP contribution < -0.4 is 5.32 Å². The number of carboxylic acid groups (broad SMARTS) is 1. The SMILES string of the molecule is CSCCC(NC(=O)c1ccc(CSCc2c[nH]cn2)cc1-c1ccccc1)C(=O)O. The second-order valence-corrected chi connectivity index (χ2v) is 8.92. The summed E-state index contributed by atoms with van der Waals surface area (Å²) >= 11 is 3.30. The van der Waals surface area contributed by atoms with Gasteiger partial charge in [-0.05, 0) is 47.3 Å². The Morgan fingerprint density at radius 2 is 1.97 bits per heavy atom. The van der Waals surface area contributed by atoms with Crippen molar-refractivity contribution in [3.05, 3.63) is 77.9 Å². The number of hydrogen-bond acceptors (Lipinski definition) is 5. The van der Waals surface area contributed by atoms with E-state index in [0.717, 1.165) is 33.9 Å². The second-order valence-electron chi connectivity index (χ2n) is 6.95. The minimum atomic E-state index is -1.02. The molecule has 0 saturated carbocycles. The minimum Gasteiger partial charge on any atom is -0.480 e. The molecule has 3 aromatic rings. The third-order valence-electron chi connectivity index (χ3n) is 4.70. The van der Waals surface area contributed by atoms with Crippen LogP contribution in [0.2, 0.25) is 0 Å². The summed E-state index contributed by atoms with van der Waals surface area (Å²) in [6.45, 7) is 0. The highest BCUT2D eigenvalue weighted by Gasteiger charge is 2.22. The number of aromatic amines is 1. The van der Waals surface area contributed by atoms with Crippen LogP contribution in [0.15, 0.2) is 61.1 Å². The number of carboxylic acids is 1. The van der Waals surface area contributed by atoms with E-state index in [9.17, 15) is 14.7 Å². The predicted molar refractivity (Wildman–Crippen MR) is 127 cm³/mol. The lowest BCUT2D eigenvalue weighted by molar-refractivity contribution is -0.139. The Kier molecular flexibility index (Phi) is 8.61. The highest BCUT2D eigenvalue weighted by Crippen LogP contribution is 2.27. The maximum Gasteiger partial charge on any atom is 0.326 e. The van der Waals surface area contributed by atoms with Gasteiger partial charge in [-0.3, -0.25) is 4.79 Å². The van der Waals surface area contributed by atoms with Crippen LogP contribution in [0.4, 0.5) is 0 Å². The molecular formula is C23H25N3O3S2. The van der Waals surface area contributed by atoms with Crippen LogP contribution in [0.3, 0.4) is 0 Å². The summed E-state index contributed by atoms with van der Waals surface area (Å²) in [5, 5.41) is 12.2. The van der Waals surface area contributed by atoms with Crippen molar-refractivity contribution in [2.24, 2.45) is 0 Å². The zero-order valence-corrected chi connectivity index (χ0v) is 18.8. The molecule has 3 rings (SSSR count). The molecular weight excluding hydrogens is 430 g/mol. The number of imidazole rings is 1. The van der Waals surface area contributed by atoms with E-state index >= 15 is 0 Å². The summed E-state index contributed by atoms with van der Waals surface area (Å²) in [6, 6.07) is 14.5. The number of rotatable bonds is 11. The Hall–Kier alpha value is -2.71. The fourth-order valence-corrected chi connectivity index (χ4v) is 4.46. The lowest BCUT2D eigenvalue weighted by Gasteiger charge is -2.17. The molecule has 2 aromatic carbocycles. The highest BCUT2D eigenvalue weighted by molar-refractivity contribution is 7.98. The zero-order chi connectivity index (χ0) is 22.1. The van der Waals surface area contributed by atoms with Crippen molar-refractivity contribution >= 4 is 35.4 Å². The van der Waals surface area contributed by atoms with Crippen LogP contribution in [0.25, 0.3) is 11.1 Å². The summed E-state index contributed by atoms with van der Waals surface area (Å²) in [6.07, 6.45) is 5.84. The molecule has 162 valence electrons. The number of aromatic nitrogens is 2. The number of H-pyrrole nitrogens is 1. The van der Waals surface area contributed by atoms with Gasteiger partial charge in [-0.15, -0.1) is 0 Å². The van der Waals surface area contributed by atoms with Gasteiger partial charge in [0.1, 0.15) is 6.04 Å². The maximum atomic E-state index is 13.0. The van der Waals surface area contributed by atoms with Gasteiger partial charge in [0.15, 0.2) is 0 Å². The molecule has 0 aliphatic heterocycles. The number of amides is 1. The highest BCUT2D eigenvalue weighted by atomic mass is 32.2. The van der Waals surface area contributed by atoms with Crippen molar-refractivity contribution in [2.75, 3.05) is 12.0 Å². The summed E-state index contributed by atoms with van der Waals surface area (Å²) in [4.78, 5) is 31.7. The van der Waals surface area contributed by atoms with Crippen molar-refractivity contribution in [2.45, 2.75) is 24.0 Å². The first-order valence-corrected chi connectivity index (χ1v) is 12.4. The third kappa shape index (κ3) is 6.63. The van der Waals surface area contributed by atoms with Crippen LogP contribution in [0.5, 0.6) is 0 Å². The number of benzene rings is 2. The Labute approximate surface area is 190 Å². The molecule has 0 saturated heterocycles. The van der Waals surface area contributed by atoms with Gasteiger partial charge in [-0.25, -0.2) is 9.78 Å². The topological polar surface area (TPSA) is 95.1 Å². The predicted octanol–water partition coefficient (Wildman–Crippen LogP) is 4.45. The summed E-state index contributed by atoms with van der Waals surface area (Å²) in [5.74, 6) is 0.843. The lowest BCUT2D eigenvalue weighted by Crippen LogP contribution is -2.41. The molecule has 0 bridgehead atoms. The monoisotopic (exact) mass is 455 g/mol. The van der Waals surface area contributed by atoms with E-state index in [1.54, 1.807) is 35.9 Å². The Balaban J connectivity index is 1.81. The van der Waals surface area contributed by atoms with Crippen LogP contribution in [0, 0.1) is 0 Å². The Morgan fingerprint density at radius 1 is 1.16 bits per heavy atom. The van der Waals surface area contributed by atoms with E-state index < -0.39 is 12.0 Å². The Morgan fingerprint density at radius 3 is 2.65 bits per heavy atom. The van der Waals surface area contributed by atoms with Crippen LogP contribution in [0.1, 0.15) is 28.0 Å². The normalized spacial score (nSPS) is 11.8. The minimum absolute atomic E-state index is 0.372. The van der Waals surface area contributed by atoms with Crippen LogP contribution in [-0.4, -0.2) is 45.0 Å². The van der Waals surface area contributed by atoms with E-state index in [-0.39, 0.29) is 5.91 Å². The Bertz CT molecular complexity index is 995. The molecule has 3 N–H and O–H groups in total. The molecule has 0 fully saturated rings. The van der Waals surface area contributed by atoms with Gasteiger partial charge in [0.2, 0.25) is 0 Å². The van der Waals surface area contributed by atoms with Gasteiger partial charge in [0.05, 0.1) is 12.0 Å². The number of hydrogen-bond donors (Lipinski definition) is 3. The summed E-state index contributed by atoms with van der Waals surface area (Å²) in [7, 11) is 0. The van der Waals surface area contributed by atoms with E-state index in [2.05, 4.69) is 15.3 Å². The molecule has 1 aromatic heterocycles. The van der Waals surface area contributed by atoms with Crippen LogP contribution >= 0.6 is 23.5 Å². The second kappa shape index (κ2) is 11.6. The molecule has 6 nitrogen and oxygen atoms in total. The number of thioether (sulfide) groups is 2. The van der Waals surface area contributed by atoms with Crippen LogP contribution in [-0.2, 0) is 16.3 Å². The van der Waals surface area contributed by atoms with E-state index in [1.165, 1.54) is 0 Å². The van der Waals surface area contributed by atoms with E-state index in [1.807, 2.05) is 54.9 Å². The maximum absolute atomic E-state index is 13.0. The molecule has 0 aliphatic carbocycles. The smallest absolute Gasteiger partial charge is 0.326 e. The van der Waals surface area contributed by atoms with Gasteiger partial charge in [0.25, 0.3) is 5.91 Å². The number of nitrogens with one attached hydrogen (secondary N) is 2. The molecule has 1 atom stereocenters. The third-order valence-corrected chi connectivity index (χ3v) is 6.38. The average Bonchev–Trinajstić information content (AvgIpc) is 3.30. The molecule has 31 heavy (non-hydrogen) atoms. The van der Waals surface area contributed by atoms with Crippen molar-refractivity contribution in [3.8, 4) is 11.1 Å². The number of aliphatic carboxylic acids is 1. The fraction of sp³-hybridized carbons (Fsp3) is 0.261. The van der Waals surface area contributed by atoms with E-state index in [4.69, 9.17) is 0 Å². The molecule has 0 spiro atoms. The largest absolute Gasteiger partial charge is 0.480 e. The van der Waals surface area contributed by atoms with Gasteiger partial charge < -0.3 is 15.4 Å². The van der Waals surface area contributed by atoms with E-state index in [0.29, 0.717) is 17.7 Å². The molecule has 1 heterocycles. The first-order valence-electron chi connectivity index (χ1n) is 9.85. The standard InChI is InChI=1S/C23H25N3O3S2/c1-30-10-9-21(23(28)29)26-22(27)19-8-7-16(13-31-14-18-12-24-15-25-18)11-20(19)17-5-3-2-4-6-17/h2-8,11-12,15,21H,9-10,13-14H2,1H3,(H,24,25)(H,26,27)(H,28,29). The van der Waals surface area contributed by atoms with Gasteiger partial charge in [-0.1, -0.05) is 36.4 Å². The molecule has 8 heteroatoms. The van der Waals surface area contributed by atoms with Crippen molar-refractivity contribution in [1.82, 2.24) is 15.3 Å². The molecule has 1 amide bonds. The first kappa shape index (κ1) is 23.0. The number of nitrogens with zero attached hydrogens (tertiary/aromatic N) is 1. The number of carbonyl (C=O) groups is 2. The zero-order valence-electron chi connectivity index (χ0n) is 17.2. The van der Waals surface area contributed by atoms with Crippen molar-refractivity contribution < 1.29 is 14.7 Å². The molecule has 0 radical (unpaired) electrons. The molecule has 1 unspecified atom stereocenters. The van der Waals surface area contributed by atoms with Crippen molar-refractivity contribution in [3.63, 3.8) is 0 Å². The van der Waals surface area contributed by atoms with Crippen molar-refractivity contribution in [1.29, 1.82) is 0 Å². The fourth-order valence-electron chi connectivity index (χ4n) is 3.11. The van der Waals surface area contributed by atoms with Gasteiger partial charge in [-0.2, -0.15) is 23.5 Å². The average molecular weight is 456 g/mol. The lowest BCUT2D eigenvalue weighted by atomic mass is 9.97. The first-order chi connectivity index (χ1) is 15.1. The molecule has 0 aliphatic rings. The summed E-state index contributed by atoms with van der Waals surface area (Å²) < 4.78 is 0.